The van der Waals surface area contributed by atoms with Crippen LogP contribution in [0.5, 0.6) is 5.75 Å². The minimum absolute atomic E-state index is 0.588. The van der Waals surface area contributed by atoms with Crippen LogP contribution in [0, 0.1) is 13.8 Å². The Bertz CT molecular complexity index is 400. The molecule has 0 radical (unpaired) electrons. The zero-order valence-electron chi connectivity index (χ0n) is 9.60. The zero-order valence-corrected chi connectivity index (χ0v) is 9.60. The van der Waals surface area contributed by atoms with Crippen LogP contribution in [-0.4, -0.2) is 4.98 Å². The van der Waals surface area contributed by atoms with E-state index in [9.17, 15) is 0 Å². The van der Waals surface area contributed by atoms with Crippen molar-refractivity contribution in [3.05, 3.63) is 59.4 Å². The highest BCUT2D eigenvalue weighted by molar-refractivity contribution is 5.23. The molecule has 0 fully saturated rings. The summed E-state index contributed by atoms with van der Waals surface area (Å²) in [5.41, 5.74) is 3.44. The molecule has 16 heavy (non-hydrogen) atoms. The Kier molecular flexibility index (Phi) is 3.20. The van der Waals surface area contributed by atoms with Gasteiger partial charge in [0, 0.05) is 5.69 Å². The molecule has 2 rings (SSSR count). The standard InChI is InChI=1S/C14H15NO/c1-11-3-6-13(7-4-11)10-16-14-8-5-12(2)15-9-14/h3-9H,10H2,1-2H3. The highest BCUT2D eigenvalue weighted by Gasteiger charge is 1.96. The van der Waals surface area contributed by atoms with Crippen LogP contribution < -0.4 is 4.74 Å². The molecule has 1 aromatic heterocycles. The second-order valence-corrected chi connectivity index (χ2v) is 3.91. The van der Waals surface area contributed by atoms with Crippen molar-refractivity contribution in [2.75, 3.05) is 0 Å². The van der Waals surface area contributed by atoms with Crippen LogP contribution in [0.3, 0.4) is 0 Å². The van der Waals surface area contributed by atoms with E-state index in [0.717, 1.165) is 11.4 Å². The van der Waals surface area contributed by atoms with Gasteiger partial charge in [0.1, 0.15) is 12.4 Å². The van der Waals surface area contributed by atoms with Gasteiger partial charge < -0.3 is 4.74 Å². The molecule has 2 aromatic rings. The van der Waals surface area contributed by atoms with Gasteiger partial charge in [-0.25, -0.2) is 0 Å². The van der Waals surface area contributed by atoms with E-state index < -0.39 is 0 Å². The van der Waals surface area contributed by atoms with Crippen molar-refractivity contribution in [1.82, 2.24) is 4.98 Å². The first-order chi connectivity index (χ1) is 7.74. The van der Waals surface area contributed by atoms with E-state index in [1.165, 1.54) is 11.1 Å². The Hall–Kier alpha value is -1.83. The summed E-state index contributed by atoms with van der Waals surface area (Å²) in [4.78, 5) is 4.18. The molecule has 0 spiro atoms. The lowest BCUT2D eigenvalue weighted by atomic mass is 10.2. The first kappa shape index (κ1) is 10.7. The number of hydrogen-bond acceptors (Lipinski definition) is 2. The minimum atomic E-state index is 0.588. The fourth-order valence-corrected chi connectivity index (χ4v) is 1.39. The fourth-order valence-electron chi connectivity index (χ4n) is 1.39. The quantitative estimate of drug-likeness (QED) is 0.780. The normalized spacial score (nSPS) is 10.1. The van der Waals surface area contributed by atoms with Crippen molar-refractivity contribution in [3.63, 3.8) is 0 Å². The largest absolute Gasteiger partial charge is 0.487 e. The smallest absolute Gasteiger partial charge is 0.138 e. The van der Waals surface area contributed by atoms with E-state index in [-0.39, 0.29) is 0 Å². The summed E-state index contributed by atoms with van der Waals surface area (Å²) in [6.45, 7) is 4.63. The van der Waals surface area contributed by atoms with Crippen LogP contribution in [0.15, 0.2) is 42.6 Å². The molecule has 0 saturated heterocycles. The average molecular weight is 213 g/mol. The lowest BCUT2D eigenvalue weighted by Crippen LogP contribution is -1.95. The molecule has 1 aromatic carbocycles. The number of aromatic nitrogens is 1. The van der Waals surface area contributed by atoms with Gasteiger partial charge in [-0.3, -0.25) is 4.98 Å². The Morgan fingerprint density at radius 1 is 1.00 bits per heavy atom. The van der Waals surface area contributed by atoms with Crippen molar-refractivity contribution in [2.45, 2.75) is 20.5 Å². The van der Waals surface area contributed by atoms with Crippen LogP contribution in [0.1, 0.15) is 16.8 Å². The molecule has 82 valence electrons. The van der Waals surface area contributed by atoms with Crippen LogP contribution >= 0.6 is 0 Å². The maximum Gasteiger partial charge on any atom is 0.138 e. The van der Waals surface area contributed by atoms with E-state index >= 15 is 0 Å². The number of hydrogen-bond donors (Lipinski definition) is 0. The Morgan fingerprint density at radius 2 is 1.75 bits per heavy atom. The monoisotopic (exact) mass is 213 g/mol. The number of rotatable bonds is 3. The third-order valence-electron chi connectivity index (χ3n) is 2.41. The summed E-state index contributed by atoms with van der Waals surface area (Å²) in [6, 6.07) is 12.2. The summed E-state index contributed by atoms with van der Waals surface area (Å²) in [6.07, 6.45) is 1.75. The molecule has 0 aliphatic rings. The van der Waals surface area contributed by atoms with Crippen molar-refractivity contribution in [3.8, 4) is 5.75 Å². The molecular formula is C14H15NO. The van der Waals surface area contributed by atoms with Gasteiger partial charge in [0.25, 0.3) is 0 Å². The second-order valence-electron chi connectivity index (χ2n) is 3.91. The first-order valence-corrected chi connectivity index (χ1v) is 5.35. The summed E-state index contributed by atoms with van der Waals surface area (Å²) in [5.74, 6) is 0.811. The summed E-state index contributed by atoms with van der Waals surface area (Å²) >= 11 is 0. The molecule has 0 N–H and O–H groups in total. The van der Waals surface area contributed by atoms with Crippen LogP contribution in [0.25, 0.3) is 0 Å². The van der Waals surface area contributed by atoms with E-state index in [2.05, 4.69) is 36.2 Å². The maximum absolute atomic E-state index is 5.62. The minimum Gasteiger partial charge on any atom is -0.487 e. The van der Waals surface area contributed by atoms with E-state index in [4.69, 9.17) is 4.74 Å². The highest BCUT2D eigenvalue weighted by atomic mass is 16.5. The lowest BCUT2D eigenvalue weighted by molar-refractivity contribution is 0.305. The van der Waals surface area contributed by atoms with E-state index in [1.807, 2.05) is 19.1 Å². The lowest BCUT2D eigenvalue weighted by Gasteiger charge is -2.06. The number of pyridine rings is 1. The van der Waals surface area contributed by atoms with Crippen molar-refractivity contribution < 1.29 is 4.74 Å². The maximum atomic E-state index is 5.62. The van der Waals surface area contributed by atoms with E-state index in [0.29, 0.717) is 6.61 Å². The molecule has 0 aliphatic carbocycles. The number of ether oxygens (including phenoxy) is 1. The number of aryl methyl sites for hydroxylation is 2. The summed E-state index contributed by atoms with van der Waals surface area (Å²) in [5, 5.41) is 0. The number of benzene rings is 1. The third kappa shape index (κ3) is 2.83. The van der Waals surface area contributed by atoms with Gasteiger partial charge in [-0.05, 0) is 31.5 Å². The number of nitrogens with zero attached hydrogens (tertiary/aromatic N) is 1. The van der Waals surface area contributed by atoms with Gasteiger partial charge in [-0.1, -0.05) is 29.8 Å². The average Bonchev–Trinajstić information content (AvgIpc) is 2.30. The highest BCUT2D eigenvalue weighted by Crippen LogP contribution is 2.12. The molecule has 0 atom stereocenters. The Morgan fingerprint density at radius 3 is 2.38 bits per heavy atom. The molecule has 1 heterocycles. The van der Waals surface area contributed by atoms with Gasteiger partial charge in [-0.15, -0.1) is 0 Å². The topological polar surface area (TPSA) is 22.1 Å². The van der Waals surface area contributed by atoms with Gasteiger partial charge in [0.05, 0.1) is 6.20 Å². The Labute approximate surface area is 95.9 Å². The SMILES string of the molecule is Cc1ccc(COc2ccc(C)nc2)cc1. The zero-order chi connectivity index (χ0) is 11.4. The van der Waals surface area contributed by atoms with Gasteiger partial charge in [-0.2, -0.15) is 0 Å². The molecule has 2 heteroatoms. The van der Waals surface area contributed by atoms with Crippen molar-refractivity contribution in [2.24, 2.45) is 0 Å². The summed E-state index contributed by atoms with van der Waals surface area (Å²) in [7, 11) is 0. The fraction of sp³-hybridized carbons (Fsp3) is 0.214. The molecule has 0 saturated carbocycles. The predicted molar refractivity (Wildman–Crippen MR) is 64.5 cm³/mol. The second kappa shape index (κ2) is 4.79. The third-order valence-corrected chi connectivity index (χ3v) is 2.41. The molecular weight excluding hydrogens is 198 g/mol. The van der Waals surface area contributed by atoms with Crippen LogP contribution in [0.4, 0.5) is 0 Å². The molecule has 0 amide bonds. The summed E-state index contributed by atoms with van der Waals surface area (Å²) < 4.78 is 5.62. The molecule has 0 aliphatic heterocycles. The van der Waals surface area contributed by atoms with Crippen LogP contribution in [-0.2, 0) is 6.61 Å². The van der Waals surface area contributed by atoms with Crippen molar-refractivity contribution in [1.29, 1.82) is 0 Å². The predicted octanol–water partition coefficient (Wildman–Crippen LogP) is 3.28. The van der Waals surface area contributed by atoms with Crippen LogP contribution in [0.2, 0.25) is 0 Å². The molecule has 0 unspecified atom stereocenters. The van der Waals surface area contributed by atoms with E-state index in [1.54, 1.807) is 6.20 Å². The van der Waals surface area contributed by atoms with Gasteiger partial charge in [0.2, 0.25) is 0 Å². The van der Waals surface area contributed by atoms with Crippen molar-refractivity contribution >= 4 is 0 Å². The first-order valence-electron chi connectivity index (χ1n) is 5.35. The van der Waals surface area contributed by atoms with Gasteiger partial charge in [0.15, 0.2) is 0 Å². The Balaban J connectivity index is 1.97. The molecule has 0 bridgehead atoms. The van der Waals surface area contributed by atoms with Gasteiger partial charge >= 0.3 is 0 Å². The molecule has 2 nitrogen and oxygen atoms in total.